The van der Waals surface area contributed by atoms with Gasteiger partial charge < -0.3 is 0 Å². The number of nitrogens with one attached hydrogen (secondary N) is 2. The SMILES string of the molecule is CC12CCC(C(=O)NNC(=O)c3ccccc3F)(CC1=O)C2(C)C. The maximum atomic E-state index is 13.6. The van der Waals surface area contributed by atoms with Crippen molar-refractivity contribution < 1.29 is 18.8 Å². The molecule has 3 rings (SSSR count). The second-order valence-electron chi connectivity index (χ2n) is 7.53. The largest absolute Gasteiger partial charge is 0.299 e. The monoisotopic (exact) mass is 332 g/mol. The minimum absolute atomic E-state index is 0.0920. The molecule has 128 valence electrons. The molecule has 5 nitrogen and oxygen atoms in total. The number of rotatable bonds is 2. The van der Waals surface area contributed by atoms with Gasteiger partial charge in [0.2, 0.25) is 5.91 Å². The Kier molecular flexibility index (Phi) is 3.55. The molecule has 2 aliphatic rings. The number of hydrogen-bond donors (Lipinski definition) is 2. The highest BCUT2D eigenvalue weighted by atomic mass is 19.1. The summed E-state index contributed by atoms with van der Waals surface area (Å²) in [5.74, 6) is -1.67. The fourth-order valence-electron chi connectivity index (χ4n) is 4.31. The zero-order valence-electron chi connectivity index (χ0n) is 14.0. The molecule has 1 aromatic carbocycles. The maximum Gasteiger partial charge on any atom is 0.272 e. The molecule has 0 aliphatic heterocycles. The summed E-state index contributed by atoms with van der Waals surface area (Å²) in [6.45, 7) is 5.78. The average molecular weight is 332 g/mol. The lowest BCUT2D eigenvalue weighted by molar-refractivity contribution is -0.137. The van der Waals surface area contributed by atoms with E-state index < -0.39 is 28.0 Å². The van der Waals surface area contributed by atoms with Gasteiger partial charge in [-0.05, 0) is 30.4 Å². The number of hydrogen-bond acceptors (Lipinski definition) is 3. The Morgan fingerprint density at radius 3 is 2.29 bits per heavy atom. The average Bonchev–Trinajstić information content (AvgIpc) is 2.83. The standard InChI is InChI=1S/C18H21FN2O3/c1-16(2)17(3)8-9-18(16,10-13(17)22)15(24)21-20-14(23)11-6-4-5-7-12(11)19/h4-7H,8-10H2,1-3H3,(H,20,23)(H,21,24). The van der Waals surface area contributed by atoms with E-state index in [1.165, 1.54) is 18.2 Å². The summed E-state index contributed by atoms with van der Waals surface area (Å²) in [5, 5.41) is 0. The molecule has 2 fully saturated rings. The molecule has 0 spiro atoms. The Morgan fingerprint density at radius 1 is 1.08 bits per heavy atom. The van der Waals surface area contributed by atoms with E-state index in [1.54, 1.807) is 6.07 Å². The lowest BCUT2D eigenvalue weighted by atomic mass is 9.64. The summed E-state index contributed by atoms with van der Waals surface area (Å²) in [7, 11) is 0. The molecule has 2 aliphatic carbocycles. The molecular formula is C18H21FN2O3. The first kappa shape index (κ1) is 16.6. The molecule has 0 aromatic heterocycles. The van der Waals surface area contributed by atoms with E-state index in [2.05, 4.69) is 10.9 Å². The fourth-order valence-corrected chi connectivity index (χ4v) is 4.31. The first-order valence-electron chi connectivity index (χ1n) is 8.04. The molecule has 2 N–H and O–H groups in total. The number of Topliss-reactive ketones (excluding diaryl/α,β-unsaturated/α-hetero) is 1. The summed E-state index contributed by atoms with van der Waals surface area (Å²) < 4.78 is 13.6. The molecular weight excluding hydrogens is 311 g/mol. The van der Waals surface area contributed by atoms with E-state index in [0.717, 1.165) is 0 Å². The van der Waals surface area contributed by atoms with Crippen LogP contribution in [-0.4, -0.2) is 17.6 Å². The van der Waals surface area contributed by atoms with Crippen molar-refractivity contribution in [2.75, 3.05) is 0 Å². The van der Waals surface area contributed by atoms with Gasteiger partial charge in [0.05, 0.1) is 11.0 Å². The summed E-state index contributed by atoms with van der Waals surface area (Å²) in [4.78, 5) is 37.2. The van der Waals surface area contributed by atoms with Crippen molar-refractivity contribution in [3.05, 3.63) is 35.6 Å². The van der Waals surface area contributed by atoms with E-state index >= 15 is 0 Å². The molecule has 0 radical (unpaired) electrons. The van der Waals surface area contributed by atoms with Crippen LogP contribution in [0.2, 0.25) is 0 Å². The minimum Gasteiger partial charge on any atom is -0.299 e. The number of carbonyl (C=O) groups excluding carboxylic acids is 3. The van der Waals surface area contributed by atoms with Crippen LogP contribution in [0, 0.1) is 22.1 Å². The quantitative estimate of drug-likeness (QED) is 0.817. The summed E-state index contributed by atoms with van der Waals surface area (Å²) in [5.41, 5.74) is 2.69. The Balaban J connectivity index is 1.76. The number of benzene rings is 1. The number of ketones is 1. The predicted octanol–water partition coefficient (Wildman–Crippen LogP) is 2.37. The normalized spacial score (nSPS) is 30.2. The molecule has 6 heteroatoms. The maximum absolute atomic E-state index is 13.6. The number of halogens is 1. The highest BCUT2D eigenvalue weighted by Gasteiger charge is 2.72. The van der Waals surface area contributed by atoms with E-state index in [1.807, 2.05) is 20.8 Å². The van der Waals surface area contributed by atoms with Crippen LogP contribution in [0.1, 0.15) is 50.4 Å². The smallest absolute Gasteiger partial charge is 0.272 e. The Bertz CT molecular complexity index is 746. The third-order valence-corrected chi connectivity index (χ3v) is 6.55. The summed E-state index contributed by atoms with van der Waals surface area (Å²) in [6, 6.07) is 5.54. The second kappa shape index (κ2) is 5.13. The number of hydrazine groups is 1. The fraction of sp³-hybridized carbons (Fsp3) is 0.500. The molecule has 0 saturated heterocycles. The molecule has 2 atom stereocenters. The van der Waals surface area contributed by atoms with Crippen LogP contribution < -0.4 is 10.9 Å². The van der Waals surface area contributed by atoms with Gasteiger partial charge in [-0.2, -0.15) is 0 Å². The van der Waals surface area contributed by atoms with Crippen molar-refractivity contribution in [2.24, 2.45) is 16.2 Å². The van der Waals surface area contributed by atoms with Gasteiger partial charge in [0.15, 0.2) is 0 Å². The minimum atomic E-state index is -0.832. The van der Waals surface area contributed by atoms with E-state index in [0.29, 0.717) is 12.8 Å². The lowest BCUT2D eigenvalue weighted by Crippen LogP contribution is -2.52. The van der Waals surface area contributed by atoms with Crippen LogP contribution in [0.3, 0.4) is 0 Å². The number of amides is 2. The first-order valence-corrected chi connectivity index (χ1v) is 8.04. The molecule has 2 bridgehead atoms. The van der Waals surface area contributed by atoms with Crippen LogP contribution in [-0.2, 0) is 9.59 Å². The molecule has 0 heterocycles. The van der Waals surface area contributed by atoms with Crippen LogP contribution in [0.4, 0.5) is 4.39 Å². The Hall–Kier alpha value is -2.24. The van der Waals surface area contributed by atoms with E-state index in [-0.39, 0.29) is 23.7 Å². The van der Waals surface area contributed by atoms with Gasteiger partial charge in [-0.3, -0.25) is 25.2 Å². The van der Waals surface area contributed by atoms with Crippen molar-refractivity contribution in [1.29, 1.82) is 0 Å². The molecule has 2 amide bonds. The van der Waals surface area contributed by atoms with Crippen molar-refractivity contribution in [3.63, 3.8) is 0 Å². The van der Waals surface area contributed by atoms with Gasteiger partial charge in [0.1, 0.15) is 11.6 Å². The summed E-state index contributed by atoms with van der Waals surface area (Å²) in [6.07, 6.45) is 1.44. The Morgan fingerprint density at radius 2 is 1.75 bits per heavy atom. The van der Waals surface area contributed by atoms with Crippen molar-refractivity contribution in [2.45, 2.75) is 40.0 Å². The van der Waals surface area contributed by atoms with Gasteiger partial charge in [-0.15, -0.1) is 0 Å². The van der Waals surface area contributed by atoms with Crippen LogP contribution in [0.5, 0.6) is 0 Å². The van der Waals surface area contributed by atoms with Gasteiger partial charge in [-0.25, -0.2) is 4.39 Å². The van der Waals surface area contributed by atoms with Crippen molar-refractivity contribution >= 4 is 17.6 Å². The third kappa shape index (κ3) is 1.95. The van der Waals surface area contributed by atoms with Crippen molar-refractivity contribution in [1.82, 2.24) is 10.9 Å². The predicted molar refractivity (Wildman–Crippen MR) is 85.2 cm³/mol. The van der Waals surface area contributed by atoms with Gasteiger partial charge in [0, 0.05) is 11.8 Å². The number of carbonyl (C=O) groups is 3. The lowest BCUT2D eigenvalue weighted by Gasteiger charge is -2.38. The van der Waals surface area contributed by atoms with Crippen LogP contribution >= 0.6 is 0 Å². The van der Waals surface area contributed by atoms with Crippen molar-refractivity contribution in [3.8, 4) is 0 Å². The molecule has 2 saturated carbocycles. The van der Waals surface area contributed by atoms with Gasteiger partial charge in [-0.1, -0.05) is 32.9 Å². The highest BCUT2D eigenvalue weighted by Crippen LogP contribution is 2.70. The van der Waals surface area contributed by atoms with E-state index in [9.17, 15) is 18.8 Å². The summed E-state index contributed by atoms with van der Waals surface area (Å²) >= 11 is 0. The third-order valence-electron chi connectivity index (χ3n) is 6.55. The topological polar surface area (TPSA) is 75.3 Å². The Labute approximate surface area is 140 Å². The molecule has 1 aromatic rings. The van der Waals surface area contributed by atoms with Gasteiger partial charge in [0.25, 0.3) is 5.91 Å². The van der Waals surface area contributed by atoms with Crippen LogP contribution in [0.25, 0.3) is 0 Å². The van der Waals surface area contributed by atoms with Crippen LogP contribution in [0.15, 0.2) is 24.3 Å². The zero-order valence-corrected chi connectivity index (χ0v) is 14.0. The molecule has 24 heavy (non-hydrogen) atoms. The molecule has 2 unspecified atom stereocenters. The zero-order chi connectivity index (χ0) is 17.8. The second-order valence-corrected chi connectivity index (χ2v) is 7.53. The van der Waals surface area contributed by atoms with Gasteiger partial charge >= 0.3 is 0 Å². The first-order chi connectivity index (χ1) is 11.2. The number of fused-ring (bicyclic) bond motifs is 2. The highest BCUT2D eigenvalue weighted by molar-refractivity contribution is 6.01. The van der Waals surface area contributed by atoms with E-state index in [4.69, 9.17) is 0 Å².